The third kappa shape index (κ3) is 2.19. The number of anilines is 1. The second-order valence-electron chi connectivity index (χ2n) is 4.14. The molecule has 1 aromatic carbocycles. The van der Waals surface area contributed by atoms with Crippen molar-refractivity contribution in [3.63, 3.8) is 0 Å². The largest absolute Gasteiger partial charge is 0.398 e. The lowest BCUT2D eigenvalue weighted by Gasteiger charge is -2.16. The normalized spacial score (nSPS) is 25.5. The Hall–Kier alpha value is -1.22. The minimum absolute atomic E-state index is 0.0766. The zero-order chi connectivity index (χ0) is 13.5. The fourth-order valence-electron chi connectivity index (χ4n) is 1.80. The Kier molecular flexibility index (Phi) is 3.28. The van der Waals surface area contributed by atoms with E-state index >= 15 is 0 Å². The van der Waals surface area contributed by atoms with Crippen molar-refractivity contribution in [1.82, 2.24) is 4.31 Å². The van der Waals surface area contributed by atoms with Gasteiger partial charge < -0.3 is 15.9 Å². The summed E-state index contributed by atoms with van der Waals surface area (Å²) in [6.07, 6.45) is -2.29. The van der Waals surface area contributed by atoms with Gasteiger partial charge in [-0.2, -0.15) is 4.31 Å². The van der Waals surface area contributed by atoms with E-state index in [4.69, 9.17) is 5.73 Å². The lowest BCUT2D eigenvalue weighted by Crippen LogP contribution is -2.30. The van der Waals surface area contributed by atoms with Crippen molar-refractivity contribution in [2.75, 3.05) is 18.8 Å². The fourth-order valence-corrected chi connectivity index (χ4v) is 3.41. The fraction of sp³-hybridized carbons (Fsp3) is 0.400. The molecule has 1 aromatic rings. The average Bonchev–Trinajstić information content (AvgIpc) is 2.63. The number of benzene rings is 1. The number of hydrogen-bond acceptors (Lipinski definition) is 5. The molecule has 1 aliphatic heterocycles. The van der Waals surface area contributed by atoms with Crippen molar-refractivity contribution in [3.05, 3.63) is 24.0 Å². The van der Waals surface area contributed by atoms with Gasteiger partial charge in [0.15, 0.2) is 0 Å². The first-order chi connectivity index (χ1) is 8.32. The Morgan fingerprint density at radius 3 is 2.39 bits per heavy atom. The smallest absolute Gasteiger partial charge is 0.245 e. The standard InChI is InChI=1S/C10H13FN2O4S/c11-6-1-2-7(12)10(3-6)18(16,17)13-4-8(14)9(15)5-13/h1-3,8-9,14-15H,4-5,12H2. The molecular formula is C10H13FN2O4S. The van der Waals surface area contributed by atoms with Crippen LogP contribution in [0.5, 0.6) is 0 Å². The third-order valence-corrected chi connectivity index (χ3v) is 4.71. The van der Waals surface area contributed by atoms with E-state index in [0.717, 1.165) is 22.5 Å². The van der Waals surface area contributed by atoms with Gasteiger partial charge in [0.25, 0.3) is 0 Å². The maximum atomic E-state index is 13.1. The summed E-state index contributed by atoms with van der Waals surface area (Å²) in [6.45, 7) is -0.473. The highest BCUT2D eigenvalue weighted by Gasteiger charge is 2.38. The highest BCUT2D eigenvalue weighted by molar-refractivity contribution is 7.89. The molecule has 2 atom stereocenters. The van der Waals surface area contributed by atoms with Crippen LogP contribution in [0.15, 0.2) is 23.1 Å². The molecule has 18 heavy (non-hydrogen) atoms. The number of rotatable bonds is 2. The van der Waals surface area contributed by atoms with E-state index in [1.807, 2.05) is 0 Å². The van der Waals surface area contributed by atoms with E-state index in [2.05, 4.69) is 0 Å². The zero-order valence-corrected chi connectivity index (χ0v) is 10.1. The number of aliphatic hydroxyl groups is 2. The van der Waals surface area contributed by atoms with Crippen LogP contribution in [0.3, 0.4) is 0 Å². The summed E-state index contributed by atoms with van der Waals surface area (Å²) in [6, 6.07) is 3.04. The summed E-state index contributed by atoms with van der Waals surface area (Å²) in [5, 5.41) is 18.7. The Bertz CT molecular complexity index is 553. The van der Waals surface area contributed by atoms with E-state index in [9.17, 15) is 23.0 Å². The van der Waals surface area contributed by atoms with Crippen LogP contribution in [0.4, 0.5) is 10.1 Å². The van der Waals surface area contributed by atoms with Crippen molar-refractivity contribution >= 4 is 15.7 Å². The quantitative estimate of drug-likeness (QED) is 0.609. The molecule has 1 aliphatic rings. The topological polar surface area (TPSA) is 104 Å². The van der Waals surface area contributed by atoms with Crippen molar-refractivity contribution in [3.8, 4) is 0 Å². The molecule has 0 aromatic heterocycles. The van der Waals surface area contributed by atoms with Crippen molar-refractivity contribution in [1.29, 1.82) is 0 Å². The number of halogens is 1. The number of nitrogens with zero attached hydrogens (tertiary/aromatic N) is 1. The number of sulfonamides is 1. The molecule has 0 bridgehead atoms. The van der Waals surface area contributed by atoms with E-state index in [1.54, 1.807) is 0 Å². The minimum atomic E-state index is -4.01. The monoisotopic (exact) mass is 276 g/mol. The van der Waals surface area contributed by atoms with E-state index in [0.29, 0.717) is 0 Å². The van der Waals surface area contributed by atoms with Gasteiger partial charge in [0.05, 0.1) is 17.9 Å². The number of nitrogens with two attached hydrogens (primary N) is 1. The molecule has 2 unspecified atom stereocenters. The van der Waals surface area contributed by atoms with E-state index < -0.39 is 28.0 Å². The summed E-state index contributed by atoms with van der Waals surface area (Å²) in [5.74, 6) is -0.719. The van der Waals surface area contributed by atoms with Crippen LogP contribution in [0.25, 0.3) is 0 Å². The lowest BCUT2D eigenvalue weighted by atomic mass is 10.3. The lowest BCUT2D eigenvalue weighted by molar-refractivity contribution is 0.0572. The molecular weight excluding hydrogens is 263 g/mol. The maximum Gasteiger partial charge on any atom is 0.245 e. The SMILES string of the molecule is Nc1ccc(F)cc1S(=O)(=O)N1CC(O)C(O)C1. The van der Waals surface area contributed by atoms with Gasteiger partial charge in [0.1, 0.15) is 10.7 Å². The highest BCUT2D eigenvalue weighted by Crippen LogP contribution is 2.26. The molecule has 1 saturated heterocycles. The number of β-amino-alcohol motifs (C(OH)–C–C–N with tert-alkyl or cyclic N) is 2. The molecule has 8 heteroatoms. The van der Waals surface area contributed by atoms with Gasteiger partial charge in [-0.15, -0.1) is 0 Å². The van der Waals surface area contributed by atoms with E-state index in [-0.39, 0.29) is 23.7 Å². The van der Waals surface area contributed by atoms with Crippen molar-refractivity contribution < 1.29 is 23.0 Å². The second-order valence-corrected chi connectivity index (χ2v) is 6.05. The van der Waals surface area contributed by atoms with Gasteiger partial charge in [0.2, 0.25) is 10.0 Å². The average molecular weight is 276 g/mol. The summed E-state index contributed by atoms with van der Waals surface area (Å²) in [5.41, 5.74) is 5.44. The van der Waals surface area contributed by atoms with Crippen LogP contribution in [0, 0.1) is 5.82 Å². The molecule has 6 nitrogen and oxygen atoms in total. The van der Waals surface area contributed by atoms with Gasteiger partial charge in [0, 0.05) is 13.1 Å². The first-order valence-electron chi connectivity index (χ1n) is 5.23. The Balaban J connectivity index is 2.40. The predicted molar refractivity (Wildman–Crippen MR) is 61.6 cm³/mol. The first-order valence-corrected chi connectivity index (χ1v) is 6.67. The maximum absolute atomic E-state index is 13.1. The molecule has 0 aliphatic carbocycles. The van der Waals surface area contributed by atoms with Crippen LogP contribution in [-0.2, 0) is 10.0 Å². The molecule has 1 heterocycles. The molecule has 4 N–H and O–H groups in total. The van der Waals surface area contributed by atoms with Crippen LogP contribution < -0.4 is 5.73 Å². The molecule has 0 spiro atoms. The number of nitrogen functional groups attached to an aromatic ring is 1. The molecule has 1 fully saturated rings. The van der Waals surface area contributed by atoms with Gasteiger partial charge >= 0.3 is 0 Å². The summed E-state index contributed by atoms with van der Waals surface area (Å²) >= 11 is 0. The minimum Gasteiger partial charge on any atom is -0.398 e. The summed E-state index contributed by atoms with van der Waals surface area (Å²) < 4.78 is 38.3. The van der Waals surface area contributed by atoms with Crippen LogP contribution in [-0.4, -0.2) is 48.2 Å². The third-order valence-electron chi connectivity index (χ3n) is 2.82. The van der Waals surface area contributed by atoms with Gasteiger partial charge in [-0.3, -0.25) is 0 Å². The Morgan fingerprint density at radius 2 is 1.83 bits per heavy atom. The van der Waals surface area contributed by atoms with Crippen LogP contribution in [0.1, 0.15) is 0 Å². The molecule has 2 rings (SSSR count). The number of aliphatic hydroxyl groups excluding tert-OH is 2. The van der Waals surface area contributed by atoms with Gasteiger partial charge in [-0.1, -0.05) is 0 Å². The highest BCUT2D eigenvalue weighted by atomic mass is 32.2. The van der Waals surface area contributed by atoms with E-state index in [1.165, 1.54) is 0 Å². The zero-order valence-electron chi connectivity index (χ0n) is 9.32. The predicted octanol–water partition coefficient (Wildman–Crippen LogP) is -0.866. The van der Waals surface area contributed by atoms with Gasteiger partial charge in [-0.25, -0.2) is 12.8 Å². The number of hydrogen-bond donors (Lipinski definition) is 3. The Morgan fingerprint density at radius 1 is 1.28 bits per heavy atom. The Labute approximate surface area is 103 Å². The second kappa shape index (κ2) is 4.47. The molecule has 0 radical (unpaired) electrons. The first kappa shape index (κ1) is 13.2. The summed E-state index contributed by atoms with van der Waals surface area (Å²) in [4.78, 5) is -0.358. The van der Waals surface area contributed by atoms with Crippen molar-refractivity contribution in [2.24, 2.45) is 0 Å². The molecule has 0 saturated carbocycles. The summed E-state index contributed by atoms with van der Waals surface area (Å²) in [7, 11) is -4.01. The van der Waals surface area contributed by atoms with Crippen LogP contribution in [0.2, 0.25) is 0 Å². The molecule has 100 valence electrons. The van der Waals surface area contributed by atoms with Gasteiger partial charge in [-0.05, 0) is 18.2 Å². The molecule has 0 amide bonds. The van der Waals surface area contributed by atoms with Crippen molar-refractivity contribution in [2.45, 2.75) is 17.1 Å². The van der Waals surface area contributed by atoms with Crippen LogP contribution >= 0.6 is 0 Å².